The quantitative estimate of drug-likeness (QED) is 0.723. The molecule has 122 valence electrons. The third-order valence-corrected chi connectivity index (χ3v) is 4.55. The maximum Gasteiger partial charge on any atom is 0.148 e. The van der Waals surface area contributed by atoms with Gasteiger partial charge in [0, 0.05) is 18.2 Å². The van der Waals surface area contributed by atoms with E-state index in [2.05, 4.69) is 15.2 Å². The topological polar surface area (TPSA) is 43.6 Å². The van der Waals surface area contributed by atoms with Crippen molar-refractivity contribution in [1.82, 2.24) is 19.7 Å². The van der Waals surface area contributed by atoms with E-state index in [-0.39, 0.29) is 11.6 Å². The van der Waals surface area contributed by atoms with Gasteiger partial charge in [-0.1, -0.05) is 6.92 Å². The average molecular weight is 326 g/mol. The summed E-state index contributed by atoms with van der Waals surface area (Å²) < 4.78 is 30.7. The molecule has 24 heavy (non-hydrogen) atoms. The van der Waals surface area contributed by atoms with E-state index < -0.39 is 0 Å². The number of aryl methyl sites for hydroxylation is 3. The van der Waals surface area contributed by atoms with Gasteiger partial charge in [-0.2, -0.15) is 0 Å². The molecule has 0 unspecified atom stereocenters. The molecular weight excluding hydrogens is 310 g/mol. The fourth-order valence-electron chi connectivity index (χ4n) is 3.43. The van der Waals surface area contributed by atoms with Gasteiger partial charge in [0.2, 0.25) is 0 Å². The van der Waals surface area contributed by atoms with Gasteiger partial charge in [0.15, 0.2) is 0 Å². The second-order valence-electron chi connectivity index (χ2n) is 5.97. The lowest BCUT2D eigenvalue weighted by Crippen LogP contribution is -2.15. The number of pyridine rings is 1. The minimum atomic E-state index is -0.356. The molecule has 0 radical (unpaired) electrons. The van der Waals surface area contributed by atoms with Crippen molar-refractivity contribution < 1.29 is 8.78 Å². The Morgan fingerprint density at radius 2 is 1.92 bits per heavy atom. The molecule has 1 aliphatic rings. The van der Waals surface area contributed by atoms with E-state index in [1.54, 1.807) is 10.8 Å². The van der Waals surface area contributed by atoms with Gasteiger partial charge in [0.1, 0.15) is 23.3 Å². The minimum Gasteiger partial charge on any atom is -0.280 e. The zero-order valence-electron chi connectivity index (χ0n) is 13.5. The van der Waals surface area contributed by atoms with Gasteiger partial charge in [-0.25, -0.2) is 8.78 Å². The summed E-state index contributed by atoms with van der Waals surface area (Å²) in [6.45, 7) is 3.69. The van der Waals surface area contributed by atoms with E-state index in [0.29, 0.717) is 47.5 Å². The third-order valence-electron chi connectivity index (χ3n) is 4.55. The molecule has 6 heteroatoms. The van der Waals surface area contributed by atoms with Crippen LogP contribution in [0.5, 0.6) is 0 Å². The van der Waals surface area contributed by atoms with Crippen LogP contribution in [-0.4, -0.2) is 19.7 Å². The molecule has 0 N–H and O–H groups in total. The maximum absolute atomic E-state index is 14.9. The van der Waals surface area contributed by atoms with Crippen molar-refractivity contribution in [2.24, 2.45) is 0 Å². The van der Waals surface area contributed by atoms with Crippen molar-refractivity contribution in [3.63, 3.8) is 0 Å². The summed E-state index contributed by atoms with van der Waals surface area (Å²) in [5.41, 5.74) is 3.24. The number of nitrogens with zero attached hydrogens (tertiary/aromatic N) is 4. The van der Waals surface area contributed by atoms with E-state index in [0.717, 1.165) is 11.4 Å². The number of aromatic nitrogens is 4. The van der Waals surface area contributed by atoms with Crippen molar-refractivity contribution in [3.05, 3.63) is 58.9 Å². The van der Waals surface area contributed by atoms with Crippen molar-refractivity contribution >= 4 is 0 Å². The first-order chi connectivity index (χ1) is 11.6. The molecule has 0 bridgehead atoms. The highest BCUT2D eigenvalue weighted by atomic mass is 19.1. The lowest BCUT2D eigenvalue weighted by atomic mass is 9.94. The molecule has 0 spiro atoms. The molecule has 4 nitrogen and oxygen atoms in total. The number of hydrogen-bond acceptors (Lipinski definition) is 3. The van der Waals surface area contributed by atoms with Crippen LogP contribution in [0.4, 0.5) is 8.78 Å². The number of hydrogen-bond donors (Lipinski definition) is 0. The largest absolute Gasteiger partial charge is 0.280 e. The van der Waals surface area contributed by atoms with Crippen LogP contribution in [0.3, 0.4) is 0 Å². The normalized spacial score (nSPS) is 12.8. The van der Waals surface area contributed by atoms with Crippen molar-refractivity contribution in [2.45, 2.75) is 33.1 Å². The zero-order chi connectivity index (χ0) is 16.8. The second kappa shape index (κ2) is 5.47. The lowest BCUT2D eigenvalue weighted by Gasteiger charge is -2.21. The lowest BCUT2D eigenvalue weighted by molar-refractivity contribution is 0.600. The third kappa shape index (κ3) is 2.13. The number of rotatable bonds is 2. The first-order valence-electron chi connectivity index (χ1n) is 7.96. The summed E-state index contributed by atoms with van der Waals surface area (Å²) >= 11 is 0. The number of halogens is 2. The fraction of sp³-hybridized carbons (Fsp3) is 0.278. The van der Waals surface area contributed by atoms with Gasteiger partial charge >= 0.3 is 0 Å². The standard InChI is InChI=1S/C18H16F2N4/c1-3-13-14(8-21-9-16(13)20)12-6-11-4-5-17-23-22-10(2)24(17)18(11)15(19)7-12/h6-9H,3-5H2,1-2H3. The van der Waals surface area contributed by atoms with E-state index in [1.165, 1.54) is 12.3 Å². The second-order valence-corrected chi connectivity index (χ2v) is 5.97. The predicted molar refractivity (Wildman–Crippen MR) is 86.0 cm³/mol. The molecule has 4 rings (SSSR count). The van der Waals surface area contributed by atoms with Gasteiger partial charge in [0.05, 0.1) is 11.9 Å². The van der Waals surface area contributed by atoms with Crippen LogP contribution in [0.2, 0.25) is 0 Å². The Bertz CT molecular complexity index is 946. The van der Waals surface area contributed by atoms with Crippen molar-refractivity contribution in [1.29, 1.82) is 0 Å². The van der Waals surface area contributed by atoms with Crippen LogP contribution < -0.4 is 0 Å². The van der Waals surface area contributed by atoms with Gasteiger partial charge < -0.3 is 0 Å². The zero-order valence-corrected chi connectivity index (χ0v) is 13.5. The Balaban J connectivity index is 1.93. The molecule has 0 fully saturated rings. The highest BCUT2D eigenvalue weighted by Crippen LogP contribution is 2.33. The van der Waals surface area contributed by atoms with Gasteiger partial charge in [-0.3, -0.25) is 9.55 Å². The van der Waals surface area contributed by atoms with E-state index in [1.807, 2.05) is 19.9 Å². The summed E-state index contributed by atoms with van der Waals surface area (Å²) in [5, 5.41) is 8.15. The molecule has 3 aromatic rings. The van der Waals surface area contributed by atoms with Crippen molar-refractivity contribution in [2.75, 3.05) is 0 Å². The van der Waals surface area contributed by atoms with Crippen molar-refractivity contribution in [3.8, 4) is 16.8 Å². The SMILES string of the molecule is CCc1c(F)cncc1-c1cc(F)c2c(c1)CCc1nnc(C)n1-2. The Hall–Kier alpha value is -2.63. The summed E-state index contributed by atoms with van der Waals surface area (Å²) in [6, 6.07) is 3.37. The van der Waals surface area contributed by atoms with Crippen LogP contribution in [-0.2, 0) is 19.3 Å². The summed E-state index contributed by atoms with van der Waals surface area (Å²) in [4.78, 5) is 3.93. The van der Waals surface area contributed by atoms with E-state index >= 15 is 0 Å². The smallest absolute Gasteiger partial charge is 0.148 e. The van der Waals surface area contributed by atoms with E-state index in [4.69, 9.17) is 0 Å². The molecule has 2 aromatic heterocycles. The molecular formula is C18H16F2N4. The highest BCUT2D eigenvalue weighted by Gasteiger charge is 2.24. The maximum atomic E-state index is 14.9. The van der Waals surface area contributed by atoms with Gasteiger partial charge in [-0.15, -0.1) is 10.2 Å². The molecule has 0 amide bonds. The molecule has 1 aromatic carbocycles. The Morgan fingerprint density at radius 3 is 2.71 bits per heavy atom. The average Bonchev–Trinajstić information content (AvgIpc) is 2.95. The fourth-order valence-corrected chi connectivity index (χ4v) is 3.43. The summed E-state index contributed by atoms with van der Waals surface area (Å²) in [6.07, 6.45) is 4.71. The number of benzene rings is 1. The first-order valence-corrected chi connectivity index (χ1v) is 7.96. The van der Waals surface area contributed by atoms with Crippen LogP contribution >= 0.6 is 0 Å². The van der Waals surface area contributed by atoms with Gasteiger partial charge in [-0.05, 0) is 48.6 Å². The summed E-state index contributed by atoms with van der Waals surface area (Å²) in [5.74, 6) is 0.732. The van der Waals surface area contributed by atoms with Crippen LogP contribution in [0.25, 0.3) is 16.8 Å². The molecule has 1 aliphatic heterocycles. The summed E-state index contributed by atoms with van der Waals surface area (Å²) in [7, 11) is 0. The van der Waals surface area contributed by atoms with Crippen LogP contribution in [0.15, 0.2) is 24.5 Å². The Morgan fingerprint density at radius 1 is 1.08 bits per heavy atom. The Labute approximate surface area is 138 Å². The predicted octanol–water partition coefficient (Wildman–Crippen LogP) is 3.58. The monoisotopic (exact) mass is 326 g/mol. The molecule has 0 aliphatic carbocycles. The Kier molecular flexibility index (Phi) is 3.40. The molecule has 3 heterocycles. The van der Waals surface area contributed by atoms with E-state index in [9.17, 15) is 8.78 Å². The van der Waals surface area contributed by atoms with Crippen LogP contribution in [0, 0.1) is 18.6 Å². The highest BCUT2D eigenvalue weighted by molar-refractivity contribution is 5.70. The number of fused-ring (bicyclic) bond motifs is 3. The minimum absolute atomic E-state index is 0.349. The molecule has 0 atom stereocenters. The van der Waals surface area contributed by atoms with Gasteiger partial charge in [0.25, 0.3) is 0 Å². The molecule has 0 saturated heterocycles. The molecule has 0 saturated carbocycles. The van der Waals surface area contributed by atoms with Crippen LogP contribution in [0.1, 0.15) is 29.7 Å². The first kappa shape index (κ1) is 14.9.